The Hall–Kier alpha value is -1.55. The van der Waals surface area contributed by atoms with Gasteiger partial charge in [-0.3, -0.25) is 0 Å². The Morgan fingerprint density at radius 3 is 2.79 bits per heavy atom. The Kier molecular flexibility index (Phi) is 4.37. The molecule has 1 heterocycles. The largest absolute Gasteiger partial charge is 0.478 e. The van der Waals surface area contributed by atoms with Crippen LogP contribution in [-0.4, -0.2) is 16.2 Å². The Morgan fingerprint density at radius 1 is 1.42 bits per heavy atom. The van der Waals surface area contributed by atoms with Gasteiger partial charge in [0, 0.05) is 16.6 Å². The van der Waals surface area contributed by atoms with Crippen molar-refractivity contribution in [3.63, 3.8) is 0 Å². The van der Waals surface area contributed by atoms with Gasteiger partial charge in [0.05, 0.1) is 18.6 Å². The van der Waals surface area contributed by atoms with Crippen LogP contribution in [0.15, 0.2) is 34.7 Å². The summed E-state index contributed by atoms with van der Waals surface area (Å²) in [6.45, 7) is 6.61. The van der Waals surface area contributed by atoms with E-state index < -0.39 is 12.1 Å². The van der Waals surface area contributed by atoms with Gasteiger partial charge >= 0.3 is 5.97 Å². The van der Waals surface area contributed by atoms with Crippen molar-refractivity contribution in [3.05, 3.63) is 35.8 Å². The SMILES string of the molecule is CC1CCC2(C)C(C(=O)O)=CCCC2C1(C)CC(O)c1ccoc1. The van der Waals surface area contributed by atoms with Crippen LogP contribution in [0.5, 0.6) is 0 Å². The fourth-order valence-electron chi connectivity index (χ4n) is 5.36. The summed E-state index contributed by atoms with van der Waals surface area (Å²) in [7, 11) is 0. The molecule has 0 aromatic carbocycles. The Morgan fingerprint density at radius 2 is 2.17 bits per heavy atom. The molecule has 0 aliphatic heterocycles. The molecule has 1 fully saturated rings. The molecule has 4 nitrogen and oxygen atoms in total. The van der Waals surface area contributed by atoms with Crippen molar-refractivity contribution < 1.29 is 19.4 Å². The van der Waals surface area contributed by atoms with E-state index in [4.69, 9.17) is 4.42 Å². The molecule has 2 N–H and O–H groups in total. The number of allylic oxidation sites excluding steroid dienone is 1. The fraction of sp³-hybridized carbons (Fsp3) is 0.650. The molecule has 2 aliphatic carbocycles. The van der Waals surface area contributed by atoms with Gasteiger partial charge in [0.15, 0.2) is 0 Å². The smallest absolute Gasteiger partial charge is 0.331 e. The summed E-state index contributed by atoms with van der Waals surface area (Å²) in [4.78, 5) is 11.8. The van der Waals surface area contributed by atoms with Crippen molar-refractivity contribution in [2.75, 3.05) is 0 Å². The fourth-order valence-corrected chi connectivity index (χ4v) is 5.36. The lowest BCUT2D eigenvalue weighted by atomic mass is 9.46. The maximum Gasteiger partial charge on any atom is 0.331 e. The summed E-state index contributed by atoms with van der Waals surface area (Å²) in [5.41, 5.74) is 0.982. The third kappa shape index (κ3) is 2.61. The number of carbonyl (C=O) groups is 1. The number of carboxylic acid groups (broad SMARTS) is 1. The number of hydrogen-bond donors (Lipinski definition) is 2. The second-order valence-electron chi connectivity index (χ2n) is 8.19. The molecule has 132 valence electrons. The molecule has 0 spiro atoms. The molecule has 5 atom stereocenters. The monoisotopic (exact) mass is 332 g/mol. The van der Waals surface area contributed by atoms with E-state index in [1.54, 1.807) is 12.5 Å². The molecule has 0 amide bonds. The molecule has 24 heavy (non-hydrogen) atoms. The van der Waals surface area contributed by atoms with Crippen LogP contribution >= 0.6 is 0 Å². The molecule has 4 heteroatoms. The van der Waals surface area contributed by atoms with Gasteiger partial charge in [-0.2, -0.15) is 0 Å². The van der Waals surface area contributed by atoms with Crippen LogP contribution in [0.3, 0.4) is 0 Å². The predicted molar refractivity (Wildman–Crippen MR) is 91.3 cm³/mol. The van der Waals surface area contributed by atoms with Crippen LogP contribution in [0.2, 0.25) is 0 Å². The Labute approximate surface area is 143 Å². The van der Waals surface area contributed by atoms with Crippen LogP contribution in [0.1, 0.15) is 64.5 Å². The normalized spacial score (nSPS) is 37.4. The summed E-state index contributed by atoms with van der Waals surface area (Å²) in [5.74, 6) is -0.0637. The first-order chi connectivity index (χ1) is 11.3. The zero-order valence-corrected chi connectivity index (χ0v) is 14.8. The lowest BCUT2D eigenvalue weighted by molar-refractivity contribution is -0.137. The number of aliphatic carboxylic acids is 1. The van der Waals surface area contributed by atoms with E-state index >= 15 is 0 Å². The summed E-state index contributed by atoms with van der Waals surface area (Å²) >= 11 is 0. The number of fused-ring (bicyclic) bond motifs is 1. The summed E-state index contributed by atoms with van der Waals surface area (Å²) in [5, 5.41) is 20.4. The van der Waals surface area contributed by atoms with E-state index in [0.717, 1.165) is 31.2 Å². The van der Waals surface area contributed by atoms with Gasteiger partial charge in [-0.1, -0.05) is 26.8 Å². The van der Waals surface area contributed by atoms with Crippen molar-refractivity contribution in [1.29, 1.82) is 0 Å². The highest BCUT2D eigenvalue weighted by Gasteiger charge is 2.55. The maximum atomic E-state index is 11.8. The molecule has 0 bridgehead atoms. The lowest BCUT2D eigenvalue weighted by Crippen LogP contribution is -2.51. The van der Waals surface area contributed by atoms with E-state index in [0.29, 0.717) is 17.9 Å². The van der Waals surface area contributed by atoms with Crippen molar-refractivity contribution in [2.24, 2.45) is 22.7 Å². The zero-order chi connectivity index (χ0) is 17.5. The third-order valence-electron chi connectivity index (χ3n) is 7.00. The Bertz CT molecular complexity index is 632. The minimum Gasteiger partial charge on any atom is -0.478 e. The maximum absolute atomic E-state index is 11.8. The molecular formula is C20H28O4. The number of aliphatic hydroxyl groups is 1. The van der Waals surface area contributed by atoms with Gasteiger partial charge in [0.2, 0.25) is 0 Å². The highest BCUT2D eigenvalue weighted by Crippen LogP contribution is 2.62. The van der Waals surface area contributed by atoms with E-state index in [1.807, 2.05) is 12.1 Å². The molecule has 0 saturated heterocycles. The number of carboxylic acids is 1. The highest BCUT2D eigenvalue weighted by molar-refractivity contribution is 5.88. The summed E-state index contributed by atoms with van der Waals surface area (Å²) in [6.07, 6.45) is 8.88. The Balaban J connectivity index is 1.94. The van der Waals surface area contributed by atoms with Crippen LogP contribution in [0.4, 0.5) is 0 Å². The molecular weight excluding hydrogens is 304 g/mol. The van der Waals surface area contributed by atoms with Crippen LogP contribution in [0, 0.1) is 22.7 Å². The van der Waals surface area contributed by atoms with E-state index in [2.05, 4.69) is 20.8 Å². The van der Waals surface area contributed by atoms with Gasteiger partial charge in [0.25, 0.3) is 0 Å². The average Bonchev–Trinajstić information content (AvgIpc) is 3.05. The molecule has 0 radical (unpaired) electrons. The van der Waals surface area contributed by atoms with Gasteiger partial charge in [0.1, 0.15) is 0 Å². The van der Waals surface area contributed by atoms with Crippen molar-refractivity contribution in [3.8, 4) is 0 Å². The van der Waals surface area contributed by atoms with Crippen molar-refractivity contribution in [1.82, 2.24) is 0 Å². The minimum absolute atomic E-state index is 0.0986. The standard InChI is InChI=1S/C20H28O4/c1-13-7-9-19(2)15(18(22)23)5-4-6-17(19)20(13,3)11-16(21)14-8-10-24-12-14/h5,8,10,12-13,16-17,21H,4,6-7,9,11H2,1-3H3,(H,22,23). The number of furan rings is 1. The second kappa shape index (κ2) is 6.07. The quantitative estimate of drug-likeness (QED) is 0.847. The van der Waals surface area contributed by atoms with Crippen molar-refractivity contribution in [2.45, 2.75) is 59.0 Å². The molecule has 1 saturated carbocycles. The van der Waals surface area contributed by atoms with Gasteiger partial charge in [-0.15, -0.1) is 0 Å². The molecule has 3 rings (SSSR count). The first kappa shape index (κ1) is 17.3. The summed E-state index contributed by atoms with van der Waals surface area (Å²) < 4.78 is 5.11. The average molecular weight is 332 g/mol. The predicted octanol–water partition coefficient (Wildman–Crippen LogP) is 4.57. The van der Waals surface area contributed by atoms with E-state index in [1.165, 1.54) is 0 Å². The van der Waals surface area contributed by atoms with E-state index in [9.17, 15) is 15.0 Å². The van der Waals surface area contributed by atoms with Crippen LogP contribution in [-0.2, 0) is 4.79 Å². The number of aliphatic hydroxyl groups excluding tert-OH is 1. The zero-order valence-electron chi connectivity index (χ0n) is 14.8. The van der Waals surface area contributed by atoms with Gasteiger partial charge in [-0.05, 0) is 55.4 Å². The van der Waals surface area contributed by atoms with Crippen molar-refractivity contribution >= 4 is 5.97 Å². The topological polar surface area (TPSA) is 70.7 Å². The second-order valence-corrected chi connectivity index (χ2v) is 8.19. The minimum atomic E-state index is -0.783. The molecule has 1 aromatic heterocycles. The van der Waals surface area contributed by atoms with Crippen LogP contribution < -0.4 is 0 Å². The molecule has 1 aromatic rings. The lowest BCUT2D eigenvalue weighted by Gasteiger charge is -2.58. The third-order valence-corrected chi connectivity index (χ3v) is 7.00. The molecule has 5 unspecified atom stereocenters. The summed E-state index contributed by atoms with van der Waals surface area (Å²) in [6, 6.07) is 1.81. The van der Waals surface area contributed by atoms with Gasteiger partial charge < -0.3 is 14.6 Å². The number of hydrogen-bond acceptors (Lipinski definition) is 3. The van der Waals surface area contributed by atoms with Crippen LogP contribution in [0.25, 0.3) is 0 Å². The highest BCUT2D eigenvalue weighted by atomic mass is 16.4. The molecule has 2 aliphatic rings. The first-order valence-electron chi connectivity index (χ1n) is 8.93. The van der Waals surface area contributed by atoms with E-state index in [-0.39, 0.29) is 16.7 Å². The first-order valence-corrected chi connectivity index (χ1v) is 8.93. The van der Waals surface area contributed by atoms with Gasteiger partial charge in [-0.25, -0.2) is 4.79 Å². The number of rotatable bonds is 4.